The molecule has 0 aliphatic carbocycles. The second-order valence-electron chi connectivity index (χ2n) is 13.5. The maximum atomic E-state index is 13.4. The monoisotopic (exact) mass is 806 g/mol. The third-order valence-corrected chi connectivity index (χ3v) is 12.8. The Bertz CT molecular complexity index is 2020. The number of sulfonamides is 1. The maximum absolute atomic E-state index is 13.4. The molecule has 1 fully saturated rings. The van der Waals surface area contributed by atoms with Crippen LogP contribution in [0.2, 0.25) is 0 Å². The Morgan fingerprint density at radius 1 is 1.04 bits per heavy atom. The van der Waals surface area contributed by atoms with Crippen LogP contribution in [0.1, 0.15) is 34.3 Å². The van der Waals surface area contributed by atoms with Crippen molar-refractivity contribution >= 4 is 60.7 Å². The van der Waals surface area contributed by atoms with Crippen LogP contribution in [-0.4, -0.2) is 87.2 Å². The van der Waals surface area contributed by atoms with Gasteiger partial charge in [0.1, 0.15) is 5.69 Å². The molecule has 2 aliphatic heterocycles. The first kappa shape index (κ1) is 37.8. The number of carbonyl (C=O) groups is 1. The number of anilines is 2. The van der Waals surface area contributed by atoms with E-state index in [9.17, 15) is 23.3 Å². The first-order valence-electron chi connectivity index (χ1n) is 17.3. The molecular formula is C38H43BrN6O5S2. The summed E-state index contributed by atoms with van der Waals surface area (Å²) in [5, 5.41) is 15.5. The quantitative estimate of drug-likeness (QED) is 0.0814. The molecule has 2 heterocycles. The van der Waals surface area contributed by atoms with Crippen LogP contribution >= 0.6 is 27.7 Å². The van der Waals surface area contributed by atoms with E-state index in [4.69, 9.17) is 0 Å². The summed E-state index contributed by atoms with van der Waals surface area (Å²) >= 11 is 5.30. The van der Waals surface area contributed by atoms with E-state index >= 15 is 0 Å². The number of amides is 1. The van der Waals surface area contributed by atoms with Gasteiger partial charge in [0.15, 0.2) is 0 Å². The minimum absolute atomic E-state index is 0.131. The Morgan fingerprint density at radius 3 is 2.56 bits per heavy atom. The molecule has 1 saturated heterocycles. The zero-order chi connectivity index (χ0) is 36.8. The van der Waals surface area contributed by atoms with Gasteiger partial charge in [0.2, 0.25) is 0 Å². The number of nitro benzene ring substituents is 1. The summed E-state index contributed by atoms with van der Waals surface area (Å²) in [6.45, 7) is 4.33. The van der Waals surface area contributed by atoms with Crippen molar-refractivity contribution in [3.05, 3.63) is 122 Å². The zero-order valence-electron chi connectivity index (χ0n) is 29.2. The van der Waals surface area contributed by atoms with Crippen molar-refractivity contribution in [2.75, 3.05) is 56.2 Å². The molecule has 0 radical (unpaired) electrons. The predicted octanol–water partition coefficient (Wildman–Crippen LogP) is 6.64. The van der Waals surface area contributed by atoms with Crippen molar-refractivity contribution < 1.29 is 18.1 Å². The molecule has 0 unspecified atom stereocenters. The number of hydrogen-bond donors (Lipinski definition) is 2. The topological polar surface area (TPSA) is 128 Å². The molecule has 1 amide bonds. The Labute approximate surface area is 318 Å². The second-order valence-corrected chi connectivity index (χ2v) is 17.1. The van der Waals surface area contributed by atoms with E-state index in [0.29, 0.717) is 18.2 Å². The molecule has 14 heteroatoms. The van der Waals surface area contributed by atoms with Gasteiger partial charge in [0.05, 0.1) is 9.82 Å². The van der Waals surface area contributed by atoms with Gasteiger partial charge >= 0.3 is 0 Å². The number of fused-ring (bicyclic) bond motifs is 3. The van der Waals surface area contributed by atoms with E-state index in [1.54, 1.807) is 23.9 Å². The maximum Gasteiger partial charge on any atom is 0.293 e. The number of thioether (sulfide) groups is 1. The van der Waals surface area contributed by atoms with Gasteiger partial charge in [-0.05, 0) is 99.6 Å². The van der Waals surface area contributed by atoms with Gasteiger partial charge in [-0.15, -0.1) is 11.8 Å². The zero-order valence-corrected chi connectivity index (χ0v) is 32.4. The van der Waals surface area contributed by atoms with Crippen molar-refractivity contribution in [3.8, 4) is 0 Å². The lowest BCUT2D eigenvalue weighted by atomic mass is 9.92. The van der Waals surface area contributed by atoms with Crippen molar-refractivity contribution in [1.82, 2.24) is 14.5 Å². The van der Waals surface area contributed by atoms with Crippen LogP contribution in [0.25, 0.3) is 0 Å². The third-order valence-electron chi connectivity index (χ3n) is 9.50. The average Bonchev–Trinajstić information content (AvgIpc) is 3.13. The minimum Gasteiger partial charge on any atom is -0.376 e. The van der Waals surface area contributed by atoms with Gasteiger partial charge in [-0.25, -0.2) is 13.1 Å². The smallest absolute Gasteiger partial charge is 0.293 e. The van der Waals surface area contributed by atoms with Crippen LogP contribution in [0.3, 0.4) is 0 Å². The van der Waals surface area contributed by atoms with Crippen LogP contribution < -0.4 is 14.9 Å². The van der Waals surface area contributed by atoms with Gasteiger partial charge in [0, 0.05) is 70.7 Å². The lowest BCUT2D eigenvalue weighted by molar-refractivity contribution is -0.384. The largest absolute Gasteiger partial charge is 0.376 e. The number of nitrogens with zero attached hydrogens (tertiary/aromatic N) is 4. The molecule has 0 bridgehead atoms. The molecule has 4 aromatic rings. The number of nitrogens with one attached hydrogen (secondary N) is 2. The van der Waals surface area contributed by atoms with Crippen LogP contribution in [0.15, 0.2) is 105 Å². The molecule has 4 aromatic carbocycles. The number of carbonyl (C=O) groups excluding carboxylic acids is 1. The van der Waals surface area contributed by atoms with Crippen molar-refractivity contribution in [2.45, 2.75) is 47.7 Å². The van der Waals surface area contributed by atoms with Crippen molar-refractivity contribution in [1.29, 1.82) is 0 Å². The molecule has 11 nitrogen and oxygen atoms in total. The summed E-state index contributed by atoms with van der Waals surface area (Å²) in [5.74, 6) is -0.135. The first-order chi connectivity index (χ1) is 25.0. The molecular weight excluding hydrogens is 764 g/mol. The van der Waals surface area contributed by atoms with E-state index in [0.717, 1.165) is 72.3 Å². The molecule has 2 atom stereocenters. The lowest BCUT2D eigenvalue weighted by Crippen LogP contribution is -2.54. The van der Waals surface area contributed by atoms with Crippen LogP contribution in [-0.2, 0) is 23.0 Å². The minimum atomic E-state index is -4.41. The molecule has 274 valence electrons. The Hall–Kier alpha value is -3.95. The highest BCUT2D eigenvalue weighted by molar-refractivity contribution is 9.10. The van der Waals surface area contributed by atoms with Crippen LogP contribution in [0, 0.1) is 10.1 Å². The predicted molar refractivity (Wildman–Crippen MR) is 211 cm³/mol. The highest BCUT2D eigenvalue weighted by Gasteiger charge is 2.33. The van der Waals surface area contributed by atoms with Gasteiger partial charge in [0.25, 0.3) is 21.6 Å². The number of benzene rings is 4. The highest BCUT2D eigenvalue weighted by atomic mass is 79.9. The van der Waals surface area contributed by atoms with E-state index in [1.807, 2.05) is 61.5 Å². The second kappa shape index (κ2) is 16.8. The molecule has 0 spiro atoms. The van der Waals surface area contributed by atoms with Gasteiger partial charge in [-0.1, -0.05) is 52.3 Å². The highest BCUT2D eigenvalue weighted by Crippen LogP contribution is 2.35. The number of piperazine rings is 1. The van der Waals surface area contributed by atoms with Crippen molar-refractivity contribution in [2.24, 2.45) is 0 Å². The van der Waals surface area contributed by atoms with E-state index in [-0.39, 0.29) is 27.9 Å². The summed E-state index contributed by atoms with van der Waals surface area (Å²) in [7, 11) is -0.486. The normalized spacial score (nSPS) is 16.5. The number of rotatable bonds is 14. The first-order valence-corrected chi connectivity index (χ1v) is 20.5. The summed E-state index contributed by atoms with van der Waals surface area (Å²) in [5.41, 5.74) is 3.39. The van der Waals surface area contributed by atoms with Gasteiger partial charge < -0.3 is 15.1 Å². The Morgan fingerprint density at radius 2 is 1.81 bits per heavy atom. The summed E-state index contributed by atoms with van der Waals surface area (Å²) in [6.07, 6.45) is 2.41. The van der Waals surface area contributed by atoms with E-state index in [2.05, 4.69) is 54.0 Å². The van der Waals surface area contributed by atoms with Crippen molar-refractivity contribution in [3.63, 3.8) is 0 Å². The Kier molecular flexibility index (Phi) is 12.2. The Balaban J connectivity index is 1.12. The van der Waals surface area contributed by atoms with E-state index in [1.165, 1.54) is 17.7 Å². The number of hydrogen-bond acceptors (Lipinski definition) is 10. The van der Waals surface area contributed by atoms with Crippen LogP contribution in [0.5, 0.6) is 0 Å². The molecule has 6 rings (SSSR count). The van der Waals surface area contributed by atoms with Gasteiger partial charge in [-0.2, -0.15) is 0 Å². The fourth-order valence-corrected chi connectivity index (χ4v) is 9.16. The molecule has 2 aliphatic rings. The number of halogens is 1. The number of nitro groups is 1. The van der Waals surface area contributed by atoms with Gasteiger partial charge in [-0.3, -0.25) is 19.8 Å². The third kappa shape index (κ3) is 9.34. The summed E-state index contributed by atoms with van der Waals surface area (Å²) in [4.78, 5) is 32.5. The summed E-state index contributed by atoms with van der Waals surface area (Å²) in [6, 6.07) is 27.4. The average molecular weight is 808 g/mol. The van der Waals surface area contributed by atoms with E-state index < -0.39 is 20.9 Å². The number of aryl methyl sites for hydroxylation is 1. The molecule has 0 saturated carbocycles. The molecule has 52 heavy (non-hydrogen) atoms. The standard InChI is InChI=1S/C38H43BrN6O5S2/c1-42(2)19-18-30(26-51-32-9-4-3-5-10-32)40-35-16-15-33(23-37(35)45(47)48)52(49,50)41-38(46)28-13-17-36-27(22-28)12-14-31-25-43(20-21-44(31)36)24-29-8-6-7-11-34(29)39/h3-11,13,15-17,22-23,30-31,40H,12,14,18-21,24-26H2,1-2H3,(H,41,46)/t30-,31-/m1/s1. The SMILES string of the molecule is CN(C)CC[C@H](CSc1ccccc1)Nc1ccc(S(=O)(=O)NC(=O)c2ccc3c(c2)CC[C@@H]2CN(Cc4ccccc4Br)CCN32)cc1[N+](=O)[O-]. The lowest BCUT2D eigenvalue weighted by Gasteiger charge is -2.46. The summed E-state index contributed by atoms with van der Waals surface area (Å²) < 4.78 is 30.1. The molecule has 2 N–H and O–H groups in total. The fourth-order valence-electron chi connectivity index (χ4n) is 6.76. The van der Waals surface area contributed by atoms with Crippen LogP contribution in [0.4, 0.5) is 17.1 Å². The fraction of sp³-hybridized carbons (Fsp3) is 0.342. The molecule has 0 aromatic heterocycles.